The summed E-state index contributed by atoms with van der Waals surface area (Å²) in [4.78, 5) is 14.7. The van der Waals surface area contributed by atoms with Gasteiger partial charge >= 0.3 is 0 Å². The summed E-state index contributed by atoms with van der Waals surface area (Å²) in [5.41, 5.74) is 9.70. The molecule has 8 rings (SSSR count). The number of aromatic nitrogens is 3. The van der Waals surface area contributed by atoms with E-state index in [4.69, 9.17) is 19.4 Å². The molecule has 0 bridgehead atoms. The van der Waals surface area contributed by atoms with Gasteiger partial charge in [-0.3, -0.25) is 0 Å². The Morgan fingerprint density at radius 2 is 0.930 bits per heavy atom. The van der Waals surface area contributed by atoms with Crippen molar-refractivity contribution in [1.82, 2.24) is 15.0 Å². The summed E-state index contributed by atoms with van der Waals surface area (Å²) in [7, 11) is 0. The Kier molecular flexibility index (Phi) is 6.08. The van der Waals surface area contributed by atoms with Crippen LogP contribution in [-0.4, -0.2) is 15.0 Å². The van der Waals surface area contributed by atoms with Crippen LogP contribution in [0.25, 0.3) is 78.4 Å². The van der Waals surface area contributed by atoms with Crippen LogP contribution in [0.4, 0.5) is 0 Å². The first kappa shape index (κ1) is 24.9. The predicted molar refractivity (Wildman–Crippen MR) is 174 cm³/mol. The lowest BCUT2D eigenvalue weighted by Crippen LogP contribution is -1.95. The van der Waals surface area contributed by atoms with Gasteiger partial charge in [-0.15, -0.1) is 0 Å². The first-order valence-corrected chi connectivity index (χ1v) is 14.3. The molecule has 0 fully saturated rings. The lowest BCUT2D eigenvalue weighted by atomic mass is 9.99. The van der Waals surface area contributed by atoms with Crippen LogP contribution in [0.1, 0.15) is 0 Å². The summed E-state index contributed by atoms with van der Waals surface area (Å²) in [5.74, 6) is 1.33. The molecular formula is C39H25N3O. The summed E-state index contributed by atoms with van der Waals surface area (Å²) in [5, 5.41) is 2.16. The second-order valence-corrected chi connectivity index (χ2v) is 10.5. The third-order valence-electron chi connectivity index (χ3n) is 7.73. The van der Waals surface area contributed by atoms with E-state index in [2.05, 4.69) is 78.9 Å². The monoisotopic (exact) mass is 551 g/mol. The zero-order valence-corrected chi connectivity index (χ0v) is 23.2. The van der Waals surface area contributed by atoms with Crippen LogP contribution in [0.2, 0.25) is 0 Å². The Bertz CT molecular complexity index is 2150. The molecule has 4 nitrogen and oxygen atoms in total. The second kappa shape index (κ2) is 10.5. The maximum atomic E-state index is 6.30. The molecule has 0 atom stereocenters. The molecule has 0 saturated heterocycles. The van der Waals surface area contributed by atoms with E-state index in [1.165, 1.54) is 0 Å². The average molecular weight is 552 g/mol. The van der Waals surface area contributed by atoms with E-state index < -0.39 is 0 Å². The van der Waals surface area contributed by atoms with Crippen LogP contribution >= 0.6 is 0 Å². The molecule has 2 heterocycles. The molecule has 0 amide bonds. The quantitative estimate of drug-likeness (QED) is 0.214. The van der Waals surface area contributed by atoms with E-state index in [1.807, 2.05) is 72.8 Å². The highest BCUT2D eigenvalue weighted by atomic mass is 16.3. The van der Waals surface area contributed by atoms with Crippen molar-refractivity contribution in [2.24, 2.45) is 0 Å². The van der Waals surface area contributed by atoms with Crippen LogP contribution in [0.15, 0.2) is 156 Å². The summed E-state index contributed by atoms with van der Waals surface area (Å²) in [6.07, 6.45) is 0. The number of hydrogen-bond acceptors (Lipinski definition) is 4. The molecule has 0 aliphatic heterocycles. The zero-order chi connectivity index (χ0) is 28.6. The summed E-state index contributed by atoms with van der Waals surface area (Å²) in [6, 6.07) is 51.6. The van der Waals surface area contributed by atoms with E-state index in [1.54, 1.807) is 0 Å². The highest BCUT2D eigenvalue weighted by Crippen LogP contribution is 2.34. The van der Waals surface area contributed by atoms with Crippen LogP contribution < -0.4 is 0 Å². The first-order chi connectivity index (χ1) is 21.3. The Hall–Kier alpha value is -5.87. The number of rotatable bonds is 5. The first-order valence-electron chi connectivity index (χ1n) is 14.3. The number of nitrogens with zero attached hydrogens (tertiary/aromatic N) is 3. The van der Waals surface area contributed by atoms with Crippen molar-refractivity contribution in [2.45, 2.75) is 0 Å². The predicted octanol–water partition coefficient (Wildman–Crippen LogP) is 10.1. The molecule has 0 saturated carbocycles. The normalized spacial score (nSPS) is 11.3. The molecular weight excluding hydrogens is 526 g/mol. The minimum atomic E-state index is 0.630. The number of hydrogen-bond donors (Lipinski definition) is 0. The molecule has 0 aliphatic carbocycles. The van der Waals surface area contributed by atoms with Gasteiger partial charge in [0.05, 0.1) is 11.4 Å². The minimum absolute atomic E-state index is 0.630. The molecule has 202 valence electrons. The summed E-state index contributed by atoms with van der Waals surface area (Å²) in [6.45, 7) is 0. The van der Waals surface area contributed by atoms with Crippen LogP contribution in [0.5, 0.6) is 0 Å². The highest BCUT2D eigenvalue weighted by Gasteiger charge is 2.13. The van der Waals surface area contributed by atoms with Crippen LogP contribution in [0.3, 0.4) is 0 Å². The van der Waals surface area contributed by atoms with Gasteiger partial charge in [-0.25, -0.2) is 15.0 Å². The van der Waals surface area contributed by atoms with Gasteiger partial charge in [0.1, 0.15) is 5.52 Å². The van der Waals surface area contributed by atoms with Crippen molar-refractivity contribution in [3.63, 3.8) is 0 Å². The Labute approximate surface area is 249 Å². The molecule has 0 spiro atoms. The van der Waals surface area contributed by atoms with Gasteiger partial charge in [-0.05, 0) is 46.8 Å². The van der Waals surface area contributed by atoms with Gasteiger partial charge in [0, 0.05) is 27.6 Å². The third-order valence-corrected chi connectivity index (χ3v) is 7.73. The average Bonchev–Trinajstić information content (AvgIpc) is 3.54. The topological polar surface area (TPSA) is 51.8 Å². The molecule has 0 unspecified atom stereocenters. The molecule has 8 aromatic rings. The van der Waals surface area contributed by atoms with Crippen molar-refractivity contribution < 1.29 is 4.42 Å². The van der Waals surface area contributed by atoms with Crippen molar-refractivity contribution >= 4 is 21.9 Å². The van der Waals surface area contributed by atoms with Crippen molar-refractivity contribution in [1.29, 1.82) is 0 Å². The minimum Gasteiger partial charge on any atom is -0.435 e. The largest absolute Gasteiger partial charge is 0.435 e. The van der Waals surface area contributed by atoms with Gasteiger partial charge in [0.15, 0.2) is 11.4 Å². The Morgan fingerprint density at radius 3 is 1.56 bits per heavy atom. The van der Waals surface area contributed by atoms with Crippen molar-refractivity contribution in [2.75, 3.05) is 0 Å². The molecule has 4 heteroatoms. The maximum Gasteiger partial charge on any atom is 0.227 e. The van der Waals surface area contributed by atoms with Gasteiger partial charge in [-0.1, -0.05) is 121 Å². The van der Waals surface area contributed by atoms with E-state index in [0.29, 0.717) is 11.7 Å². The van der Waals surface area contributed by atoms with E-state index in [-0.39, 0.29) is 0 Å². The maximum absolute atomic E-state index is 6.30. The highest BCUT2D eigenvalue weighted by molar-refractivity contribution is 6.05. The number of oxazole rings is 1. The fourth-order valence-corrected chi connectivity index (χ4v) is 5.49. The van der Waals surface area contributed by atoms with Crippen molar-refractivity contribution in [3.05, 3.63) is 152 Å². The van der Waals surface area contributed by atoms with E-state index in [0.717, 1.165) is 66.6 Å². The van der Waals surface area contributed by atoms with Gasteiger partial charge in [0.2, 0.25) is 5.89 Å². The molecule has 0 aliphatic rings. The molecule has 43 heavy (non-hydrogen) atoms. The number of benzene rings is 6. The third kappa shape index (κ3) is 4.75. The lowest BCUT2D eigenvalue weighted by Gasteiger charge is -2.10. The smallest absolute Gasteiger partial charge is 0.227 e. The van der Waals surface area contributed by atoms with Gasteiger partial charge in [-0.2, -0.15) is 0 Å². The number of fused-ring (bicyclic) bond motifs is 3. The van der Waals surface area contributed by atoms with Crippen molar-refractivity contribution in [3.8, 4) is 56.5 Å². The Balaban J connectivity index is 1.18. The SMILES string of the molecule is c1ccc(-c2cc(-c3ccccc3)nc(-c3ccc(-c4ccc5ccc6nc(-c7ccccc7)oc6c5c4)cc3)n2)cc1. The van der Waals surface area contributed by atoms with E-state index >= 15 is 0 Å². The zero-order valence-electron chi connectivity index (χ0n) is 23.2. The summed E-state index contributed by atoms with van der Waals surface area (Å²) >= 11 is 0. The summed E-state index contributed by atoms with van der Waals surface area (Å²) < 4.78 is 6.30. The Morgan fingerprint density at radius 1 is 0.395 bits per heavy atom. The van der Waals surface area contributed by atoms with Crippen LogP contribution in [0, 0.1) is 0 Å². The fourth-order valence-electron chi connectivity index (χ4n) is 5.49. The molecule has 2 aromatic heterocycles. The standard InChI is InChI=1S/C39H25N3O/c1-4-10-28(11-5-1)35-25-36(29-12-6-2-7-13-29)41-38(40-35)30-19-16-26(17-20-30)32-21-18-27-22-23-34-37(33(27)24-32)43-39(42-34)31-14-8-3-9-15-31/h1-25H. The van der Waals surface area contributed by atoms with Gasteiger partial charge in [0.25, 0.3) is 0 Å². The van der Waals surface area contributed by atoms with Crippen LogP contribution in [-0.2, 0) is 0 Å². The van der Waals surface area contributed by atoms with Gasteiger partial charge < -0.3 is 4.42 Å². The second-order valence-electron chi connectivity index (χ2n) is 10.5. The molecule has 0 radical (unpaired) electrons. The fraction of sp³-hybridized carbons (Fsp3) is 0. The molecule has 6 aromatic carbocycles. The lowest BCUT2D eigenvalue weighted by molar-refractivity contribution is 0.623. The van der Waals surface area contributed by atoms with E-state index in [9.17, 15) is 0 Å². The molecule has 0 N–H and O–H groups in total.